The van der Waals surface area contributed by atoms with E-state index in [0.717, 1.165) is 0 Å². The first-order chi connectivity index (χ1) is 66.0. The molecule has 0 spiro atoms. The molecule has 0 unspecified atom stereocenters. The quantitative estimate of drug-likeness (QED) is 0.00572. The van der Waals surface area contributed by atoms with Crippen molar-refractivity contribution in [2.24, 2.45) is 45.8 Å². The number of rotatable bonds is 50. The number of aromatic nitrogens is 2. The van der Waals surface area contributed by atoms with E-state index in [2.05, 4.69) is 84.2 Å². The molecule has 0 radical (unpaired) electrons. The van der Waals surface area contributed by atoms with Gasteiger partial charge in [0.15, 0.2) is 30.6 Å². The third kappa shape index (κ3) is 30.6. The fourth-order valence-corrected chi connectivity index (χ4v) is 16.1. The van der Waals surface area contributed by atoms with Crippen LogP contribution in [0.4, 0.5) is 0 Å². The number of ketones is 2. The molecular formula is C92H130N22O26. The molecule has 1 saturated heterocycles. The summed E-state index contributed by atoms with van der Waals surface area (Å²) in [6.07, 6.45) is -6.45. The van der Waals surface area contributed by atoms with Gasteiger partial charge in [0.2, 0.25) is 70.8 Å². The number of aliphatic hydroxyl groups excluding tert-OH is 3. The number of H-pyrrole nitrogens is 1. The number of aliphatic hydroxyl groups is 4. The van der Waals surface area contributed by atoms with E-state index < -0.39 is 258 Å². The topological polar surface area (TPSA) is 787 Å². The van der Waals surface area contributed by atoms with Crippen LogP contribution < -0.4 is 96.8 Å². The minimum atomic E-state index is -2.22. The summed E-state index contributed by atoms with van der Waals surface area (Å²) in [4.78, 5) is 213. The number of hydrogen-bond donors (Lipinski definition) is 28. The standard InChI is InChI=1S/C92H130N22O26/c1-41(2)29-58(104-66(119)39-138-114-47(10)92(136)35-54-69(65(36-92)140-67-34-55(93)74(120)46(9)139-67)78(124)71-70(76(54)122)75(121)53-15-12-18-64(137-11)68(53)77(71)123)84(130)106-56(16-13-27-100-90(95)96)81(127)105-57(17-14-28-101-91(97)98)82(128)108-61(32-49-21-25-52(118)26-22-49)87(133)112-72(43(5)6)89(135)110-62(33-50-37-99-40-102-50)86(132)107-59(30-42(3)4)85(131)111-63(38-115)88(134)109-60(31-48-19-23-51(117)24-20-48)83(129)103-44(7)80(126)113-73(45(8)116)79(94)125/h12,15,18-26,37,40-46,55-63,65,67,72-74,115-118,120,122,124,136H,13-14,16-17,27-36,38-39,93H2,1-11H3,(H2,94,125)(H,99,102)(H,103,129)(H,104,119)(H,105,127)(H,106,130)(H,107,132)(H,108,128)(H,109,134)(H,110,135)(H,111,131)(H,112,133)(H,113,126)(H4,95,96,100)(H4,97,98,101)/b114-47+/t44-,45+,46-,55-,56-,57-,58-,59-,60-,61-,62-,63-,65-,67-,72-,73-,74+,92-/m0/s1. The molecule has 3 aliphatic rings. The maximum absolute atomic E-state index is 15.2. The van der Waals surface area contributed by atoms with Gasteiger partial charge in [-0.3, -0.25) is 77.9 Å². The van der Waals surface area contributed by atoms with E-state index in [0.29, 0.717) is 11.1 Å². The lowest BCUT2D eigenvalue weighted by Crippen LogP contribution is -2.62. The SMILES string of the molecule is COc1cccc2c1C(=O)c1c(O)c3c(c(O)c1C2=O)C[C@@](O)(/C(C)=N/OCC(=O)N[C@@H](CC(C)C)C(=O)N[C@@H](CCCNC(=N)N)C(=O)N[C@@H](CCCNC(=N)N)C(=O)N[C@@H](Cc1ccc(O)cc1)C(=O)N[C@H](C(=O)N[C@@H](Cc1cnc[nH]1)C(=O)N[C@@H](CC(C)C)C(=O)N[C@@H](CO)C(=O)N[C@@H](Cc1ccc(O)cc1)C(=O)N[C@@H](C)C(=O)N[C@H](C(N)=O)[C@@H](C)O)C(C)C)C[C@@H]3O[C@H]1C[C@H](N)[C@H](O)[C@H](C)O1. The Hall–Kier alpha value is -14.2. The fraction of sp³-hybridized carbons (Fsp3) is 0.522. The maximum Gasteiger partial charge on any atom is 0.261 e. The molecule has 1 aromatic heterocycles. The Morgan fingerprint density at radius 1 is 0.593 bits per heavy atom. The second kappa shape index (κ2) is 50.9. The first kappa shape index (κ1) is 111. The van der Waals surface area contributed by atoms with Crippen LogP contribution in [0.1, 0.15) is 186 Å². The number of imidazole rings is 1. The van der Waals surface area contributed by atoms with Crippen LogP contribution in [0.5, 0.6) is 28.7 Å². The molecule has 48 heteroatoms. The number of nitrogens with zero attached hydrogens (tertiary/aromatic N) is 2. The Kier molecular flexibility index (Phi) is 40.4. The van der Waals surface area contributed by atoms with Crippen LogP contribution in [0, 0.1) is 28.6 Å². The Balaban J connectivity index is 0.997. The summed E-state index contributed by atoms with van der Waals surface area (Å²) in [5, 5.41) is 142. The van der Waals surface area contributed by atoms with Crippen molar-refractivity contribution in [1.82, 2.24) is 79.1 Å². The van der Waals surface area contributed by atoms with Gasteiger partial charge in [-0.05, 0) is 125 Å². The van der Waals surface area contributed by atoms with Gasteiger partial charge < -0.3 is 157 Å². The molecule has 18 atom stereocenters. The number of primary amides is 1. The third-order valence-corrected chi connectivity index (χ3v) is 23.7. The van der Waals surface area contributed by atoms with E-state index in [9.17, 15) is 93.6 Å². The number of methoxy groups -OCH3 is 1. The van der Waals surface area contributed by atoms with Gasteiger partial charge in [-0.1, -0.05) is 83.1 Å². The zero-order valence-corrected chi connectivity index (χ0v) is 79.5. The molecule has 0 saturated carbocycles. The number of fused-ring (bicyclic) bond motifs is 3. The minimum absolute atomic E-state index is 0.00658. The normalized spacial score (nSPS) is 19.2. The average Bonchev–Trinajstić information content (AvgIpc) is 0.731. The van der Waals surface area contributed by atoms with Gasteiger partial charge in [0.1, 0.15) is 101 Å². The van der Waals surface area contributed by atoms with Crippen molar-refractivity contribution in [2.75, 3.05) is 33.4 Å². The van der Waals surface area contributed by atoms with E-state index in [1.54, 1.807) is 41.5 Å². The second-order valence-electron chi connectivity index (χ2n) is 36.1. The number of aromatic hydroxyl groups is 4. The summed E-state index contributed by atoms with van der Waals surface area (Å²) in [6, 6.07) is -3.11. The van der Waals surface area contributed by atoms with Crippen molar-refractivity contribution in [2.45, 2.75) is 255 Å². The van der Waals surface area contributed by atoms with Gasteiger partial charge in [-0.15, -0.1) is 0 Å². The highest BCUT2D eigenvalue weighted by atomic mass is 16.7. The highest BCUT2D eigenvalue weighted by Gasteiger charge is 2.50. The van der Waals surface area contributed by atoms with E-state index in [4.69, 9.17) is 52.8 Å². The van der Waals surface area contributed by atoms with Crippen molar-refractivity contribution in [3.8, 4) is 28.7 Å². The number of nitrogens with two attached hydrogens (primary N) is 4. The molecule has 4 aromatic carbocycles. The molecule has 0 bridgehead atoms. The van der Waals surface area contributed by atoms with Gasteiger partial charge in [0.25, 0.3) is 5.91 Å². The predicted molar refractivity (Wildman–Crippen MR) is 502 cm³/mol. The zero-order chi connectivity index (χ0) is 104. The number of hydrogen-bond acceptors (Lipinski definition) is 31. The van der Waals surface area contributed by atoms with Crippen LogP contribution >= 0.6 is 0 Å². The number of phenolic OH excluding ortho intramolecular Hbond substituents is 4. The number of aromatic amines is 1. The van der Waals surface area contributed by atoms with Gasteiger partial charge >= 0.3 is 0 Å². The fourth-order valence-electron chi connectivity index (χ4n) is 16.1. The first-order valence-electron chi connectivity index (χ1n) is 45.6. The summed E-state index contributed by atoms with van der Waals surface area (Å²) < 4.78 is 17.8. The zero-order valence-electron chi connectivity index (χ0n) is 79.5. The van der Waals surface area contributed by atoms with Gasteiger partial charge in [-0.2, -0.15) is 0 Å². The van der Waals surface area contributed by atoms with Gasteiger partial charge in [0.05, 0.1) is 66.9 Å². The highest BCUT2D eigenvalue weighted by Crippen LogP contribution is 2.53. The number of guanidine groups is 2. The van der Waals surface area contributed by atoms with E-state index in [1.165, 1.54) is 114 Å². The second-order valence-corrected chi connectivity index (χ2v) is 36.1. The molecule has 1 aliphatic heterocycles. The molecular weight excluding hydrogens is 1830 g/mol. The number of carbonyl (C=O) groups is 14. The van der Waals surface area contributed by atoms with Crippen LogP contribution in [0.3, 0.4) is 0 Å². The number of ether oxygens (including phenoxy) is 3. The van der Waals surface area contributed by atoms with Crippen molar-refractivity contribution in [3.63, 3.8) is 0 Å². The first-order valence-corrected chi connectivity index (χ1v) is 45.6. The summed E-state index contributed by atoms with van der Waals surface area (Å²) in [7, 11) is 1.28. The van der Waals surface area contributed by atoms with Crippen LogP contribution in [0.2, 0.25) is 0 Å². The van der Waals surface area contributed by atoms with E-state index >= 15 is 14.4 Å². The number of amides is 12. The average molecular weight is 1960 g/mol. The molecule has 8 rings (SSSR count). The minimum Gasteiger partial charge on any atom is -0.508 e. The molecule has 2 aliphatic carbocycles. The number of phenols is 4. The van der Waals surface area contributed by atoms with Crippen LogP contribution in [0.25, 0.3) is 0 Å². The molecule has 140 heavy (non-hydrogen) atoms. The maximum atomic E-state index is 15.2. The lowest BCUT2D eigenvalue weighted by molar-refractivity contribution is -0.245. The van der Waals surface area contributed by atoms with Gasteiger partial charge in [-0.25, -0.2) is 4.98 Å². The van der Waals surface area contributed by atoms with Crippen LogP contribution in [-0.4, -0.2) is 287 Å². The van der Waals surface area contributed by atoms with Crippen molar-refractivity contribution >= 4 is 100 Å². The Morgan fingerprint density at radius 3 is 1.56 bits per heavy atom. The largest absolute Gasteiger partial charge is 0.508 e. The monoisotopic (exact) mass is 1960 g/mol. The number of benzene rings is 4. The summed E-state index contributed by atoms with van der Waals surface area (Å²) in [6.45, 7) is 13.1. The molecule has 32 N–H and O–H groups in total. The third-order valence-electron chi connectivity index (χ3n) is 23.7. The predicted octanol–water partition coefficient (Wildman–Crippen LogP) is -3.82. The summed E-state index contributed by atoms with van der Waals surface area (Å²) in [5.41, 5.74) is 19.5. The van der Waals surface area contributed by atoms with E-state index in [1.807, 2.05) is 0 Å². The lowest BCUT2D eigenvalue weighted by Gasteiger charge is -2.42. The van der Waals surface area contributed by atoms with Crippen molar-refractivity contribution in [3.05, 3.63) is 129 Å². The van der Waals surface area contributed by atoms with E-state index in [-0.39, 0.29) is 140 Å². The van der Waals surface area contributed by atoms with Crippen LogP contribution in [-0.2, 0) is 97.5 Å². The molecule has 2 heterocycles. The van der Waals surface area contributed by atoms with Crippen LogP contribution in [0.15, 0.2) is 84.4 Å². The van der Waals surface area contributed by atoms with Crippen molar-refractivity contribution in [1.29, 1.82) is 10.8 Å². The number of oxime groups is 1. The smallest absolute Gasteiger partial charge is 0.261 e. The molecule has 12 amide bonds. The highest BCUT2D eigenvalue weighted by molar-refractivity contribution is 6.31. The molecule has 5 aromatic rings. The van der Waals surface area contributed by atoms with Gasteiger partial charge in [0, 0.05) is 86.2 Å². The Morgan fingerprint density at radius 2 is 1.06 bits per heavy atom. The number of nitrogens with one attached hydrogen (secondary N) is 16. The lowest BCUT2D eigenvalue weighted by atomic mass is 9.72. The summed E-state index contributed by atoms with van der Waals surface area (Å²) in [5.74, 6) is -18.2. The molecule has 48 nitrogen and oxygen atoms in total. The molecule has 764 valence electrons. The number of carbonyl (C=O) groups excluding carboxylic acids is 14. The van der Waals surface area contributed by atoms with Crippen molar-refractivity contribution < 1.29 is 127 Å². The Labute approximate surface area is 806 Å². The summed E-state index contributed by atoms with van der Waals surface area (Å²) >= 11 is 0. The Bertz CT molecular complexity index is 5300. The molecule has 1 fully saturated rings.